The summed E-state index contributed by atoms with van der Waals surface area (Å²) < 4.78 is 0.411. The van der Waals surface area contributed by atoms with Crippen LogP contribution < -0.4 is 10.9 Å². The standard InChI is InChI=1S/C15H18N2O3/c1-3-10(2)9-16-14(18)13-8-11-6-4-5-7-12(11)15(19)17(13)20/h4-8,10,20H,3,9H2,1-2H3,(H,16,18). The highest BCUT2D eigenvalue weighted by Crippen LogP contribution is 2.11. The third-order valence-electron chi connectivity index (χ3n) is 3.44. The number of carbonyl (C=O) groups is 1. The number of hydrogen-bond acceptors (Lipinski definition) is 3. The second-order valence-electron chi connectivity index (χ2n) is 4.96. The highest BCUT2D eigenvalue weighted by molar-refractivity contribution is 5.96. The van der Waals surface area contributed by atoms with Gasteiger partial charge in [0.25, 0.3) is 11.5 Å². The van der Waals surface area contributed by atoms with Crippen molar-refractivity contribution < 1.29 is 10.0 Å². The fourth-order valence-electron chi connectivity index (χ4n) is 1.91. The van der Waals surface area contributed by atoms with Gasteiger partial charge in [0, 0.05) is 6.54 Å². The maximum absolute atomic E-state index is 12.1. The van der Waals surface area contributed by atoms with E-state index < -0.39 is 11.5 Å². The van der Waals surface area contributed by atoms with Crippen molar-refractivity contribution in [3.8, 4) is 0 Å². The zero-order chi connectivity index (χ0) is 14.7. The number of fused-ring (bicyclic) bond motifs is 1. The zero-order valence-electron chi connectivity index (χ0n) is 11.6. The molecule has 5 nitrogen and oxygen atoms in total. The highest BCUT2D eigenvalue weighted by atomic mass is 16.5. The molecule has 1 unspecified atom stereocenters. The van der Waals surface area contributed by atoms with E-state index in [-0.39, 0.29) is 5.69 Å². The number of benzene rings is 1. The third kappa shape index (κ3) is 2.66. The van der Waals surface area contributed by atoms with Crippen molar-refractivity contribution in [2.75, 3.05) is 6.54 Å². The molecule has 5 heteroatoms. The van der Waals surface area contributed by atoms with Crippen LogP contribution in [0.2, 0.25) is 0 Å². The van der Waals surface area contributed by atoms with Crippen LogP contribution in [0.25, 0.3) is 10.8 Å². The van der Waals surface area contributed by atoms with Gasteiger partial charge in [0.1, 0.15) is 5.69 Å². The van der Waals surface area contributed by atoms with Gasteiger partial charge in [-0.3, -0.25) is 9.59 Å². The summed E-state index contributed by atoms with van der Waals surface area (Å²) in [5.74, 6) is -0.103. The zero-order valence-corrected chi connectivity index (χ0v) is 11.6. The van der Waals surface area contributed by atoms with E-state index in [1.54, 1.807) is 24.3 Å². The SMILES string of the molecule is CCC(C)CNC(=O)c1cc2ccccc2c(=O)n1O. The quantitative estimate of drug-likeness (QED) is 0.838. The molecular weight excluding hydrogens is 256 g/mol. The largest absolute Gasteiger partial charge is 0.425 e. The monoisotopic (exact) mass is 274 g/mol. The number of nitrogens with zero attached hydrogens (tertiary/aromatic N) is 1. The lowest BCUT2D eigenvalue weighted by Gasteiger charge is -2.12. The van der Waals surface area contributed by atoms with Gasteiger partial charge in [0.05, 0.1) is 5.39 Å². The van der Waals surface area contributed by atoms with Gasteiger partial charge in [-0.1, -0.05) is 38.5 Å². The van der Waals surface area contributed by atoms with E-state index in [2.05, 4.69) is 5.32 Å². The molecule has 1 aromatic carbocycles. The molecule has 0 saturated carbocycles. The molecule has 0 spiro atoms. The van der Waals surface area contributed by atoms with Gasteiger partial charge >= 0.3 is 0 Å². The molecule has 1 heterocycles. The van der Waals surface area contributed by atoms with Crippen molar-refractivity contribution in [2.45, 2.75) is 20.3 Å². The average Bonchev–Trinajstić information content (AvgIpc) is 2.48. The number of hydrogen-bond donors (Lipinski definition) is 2. The Labute approximate surface area is 116 Å². The number of pyridine rings is 1. The first kappa shape index (κ1) is 14.1. The molecule has 0 saturated heterocycles. The molecule has 0 fully saturated rings. The molecule has 1 aromatic heterocycles. The summed E-state index contributed by atoms with van der Waals surface area (Å²) in [6.45, 7) is 4.57. The van der Waals surface area contributed by atoms with Crippen molar-refractivity contribution in [3.63, 3.8) is 0 Å². The lowest BCUT2D eigenvalue weighted by Crippen LogP contribution is -2.33. The predicted molar refractivity (Wildman–Crippen MR) is 77.2 cm³/mol. The van der Waals surface area contributed by atoms with Gasteiger partial charge in [0.15, 0.2) is 0 Å². The number of rotatable bonds is 4. The van der Waals surface area contributed by atoms with Gasteiger partial charge in [-0.15, -0.1) is 4.73 Å². The van der Waals surface area contributed by atoms with E-state index in [0.29, 0.717) is 28.0 Å². The number of amides is 1. The van der Waals surface area contributed by atoms with Crippen LogP contribution in [-0.2, 0) is 0 Å². The van der Waals surface area contributed by atoms with Gasteiger partial charge in [-0.25, -0.2) is 0 Å². The minimum absolute atomic E-state index is 0.0444. The Morgan fingerprint density at radius 1 is 1.40 bits per heavy atom. The fraction of sp³-hybridized carbons (Fsp3) is 0.333. The minimum Gasteiger partial charge on any atom is -0.425 e. The van der Waals surface area contributed by atoms with Crippen LogP contribution in [0.3, 0.4) is 0 Å². The van der Waals surface area contributed by atoms with Crippen molar-refractivity contribution in [1.29, 1.82) is 0 Å². The van der Waals surface area contributed by atoms with Crippen LogP contribution in [-0.4, -0.2) is 22.4 Å². The summed E-state index contributed by atoms with van der Waals surface area (Å²) in [7, 11) is 0. The van der Waals surface area contributed by atoms with Crippen LogP contribution in [0.5, 0.6) is 0 Å². The van der Waals surface area contributed by atoms with E-state index >= 15 is 0 Å². The van der Waals surface area contributed by atoms with Crippen molar-refractivity contribution in [1.82, 2.24) is 10.0 Å². The molecule has 0 aliphatic rings. The van der Waals surface area contributed by atoms with E-state index in [1.807, 2.05) is 13.8 Å². The van der Waals surface area contributed by atoms with Gasteiger partial charge in [0.2, 0.25) is 0 Å². The second-order valence-corrected chi connectivity index (χ2v) is 4.96. The van der Waals surface area contributed by atoms with Crippen LogP contribution in [0.15, 0.2) is 35.1 Å². The molecule has 2 N–H and O–H groups in total. The summed E-state index contributed by atoms with van der Waals surface area (Å²) in [4.78, 5) is 24.0. The van der Waals surface area contributed by atoms with E-state index in [4.69, 9.17) is 0 Å². The maximum atomic E-state index is 12.1. The van der Waals surface area contributed by atoms with E-state index in [9.17, 15) is 14.8 Å². The molecule has 0 aliphatic carbocycles. The minimum atomic E-state index is -0.586. The van der Waals surface area contributed by atoms with Crippen molar-refractivity contribution >= 4 is 16.7 Å². The lowest BCUT2D eigenvalue weighted by atomic mass is 10.1. The van der Waals surface area contributed by atoms with E-state index in [0.717, 1.165) is 6.42 Å². The summed E-state index contributed by atoms with van der Waals surface area (Å²) in [5.41, 5.74) is -0.631. The first-order valence-corrected chi connectivity index (χ1v) is 6.66. The maximum Gasteiger partial charge on any atom is 0.291 e. The van der Waals surface area contributed by atoms with Crippen molar-refractivity contribution in [2.24, 2.45) is 5.92 Å². The van der Waals surface area contributed by atoms with Crippen LogP contribution in [0.4, 0.5) is 0 Å². The van der Waals surface area contributed by atoms with E-state index in [1.165, 1.54) is 6.07 Å². The molecule has 2 aromatic rings. The molecule has 20 heavy (non-hydrogen) atoms. The molecule has 1 atom stereocenters. The Hall–Kier alpha value is -2.30. The summed E-state index contributed by atoms with van der Waals surface area (Å²) in [5, 5.41) is 13.6. The average molecular weight is 274 g/mol. The normalized spacial score (nSPS) is 12.3. The smallest absolute Gasteiger partial charge is 0.291 e. The molecular formula is C15H18N2O3. The lowest BCUT2D eigenvalue weighted by molar-refractivity contribution is 0.0888. The molecule has 2 rings (SSSR count). The first-order chi connectivity index (χ1) is 9.54. The summed E-state index contributed by atoms with van der Waals surface area (Å²) in [6, 6.07) is 8.37. The Morgan fingerprint density at radius 2 is 2.10 bits per heavy atom. The Balaban J connectivity index is 2.37. The summed E-state index contributed by atoms with van der Waals surface area (Å²) in [6.07, 6.45) is 0.948. The van der Waals surface area contributed by atoms with Gasteiger partial charge in [-0.2, -0.15) is 0 Å². The molecule has 106 valence electrons. The Kier molecular flexibility index (Phi) is 4.08. The van der Waals surface area contributed by atoms with Crippen LogP contribution in [0.1, 0.15) is 30.8 Å². The topological polar surface area (TPSA) is 71.3 Å². The summed E-state index contributed by atoms with van der Waals surface area (Å²) >= 11 is 0. The Morgan fingerprint density at radius 3 is 2.80 bits per heavy atom. The first-order valence-electron chi connectivity index (χ1n) is 6.66. The molecule has 0 bridgehead atoms. The number of nitrogens with one attached hydrogen (secondary N) is 1. The van der Waals surface area contributed by atoms with Crippen LogP contribution in [0, 0.1) is 5.92 Å². The van der Waals surface area contributed by atoms with Crippen molar-refractivity contribution in [3.05, 3.63) is 46.4 Å². The number of aromatic nitrogens is 1. The predicted octanol–water partition coefficient (Wildman–Crippen LogP) is 2.01. The number of carbonyl (C=O) groups excluding carboxylic acids is 1. The van der Waals surface area contributed by atoms with Crippen LogP contribution >= 0.6 is 0 Å². The van der Waals surface area contributed by atoms with Gasteiger partial charge < -0.3 is 10.5 Å². The molecule has 0 radical (unpaired) electrons. The Bertz CT molecular complexity index is 691. The third-order valence-corrected chi connectivity index (χ3v) is 3.44. The molecule has 0 aliphatic heterocycles. The molecule has 1 amide bonds. The fourth-order valence-corrected chi connectivity index (χ4v) is 1.91. The second kappa shape index (κ2) is 5.77. The van der Waals surface area contributed by atoms with Gasteiger partial charge in [-0.05, 0) is 23.4 Å². The highest BCUT2D eigenvalue weighted by Gasteiger charge is 2.15.